The first kappa shape index (κ1) is 14.5. The highest BCUT2D eigenvalue weighted by molar-refractivity contribution is 6.05. The van der Waals surface area contributed by atoms with Crippen molar-refractivity contribution in [1.29, 1.82) is 0 Å². The van der Waals surface area contributed by atoms with Gasteiger partial charge in [-0.05, 0) is 37.3 Å². The van der Waals surface area contributed by atoms with Gasteiger partial charge in [-0.2, -0.15) is 0 Å². The van der Waals surface area contributed by atoms with Crippen LogP contribution in [0.2, 0.25) is 0 Å². The van der Waals surface area contributed by atoms with E-state index in [0.717, 1.165) is 0 Å². The molecule has 1 aromatic heterocycles. The number of ketones is 1. The van der Waals surface area contributed by atoms with E-state index in [9.17, 15) is 14.4 Å². The summed E-state index contributed by atoms with van der Waals surface area (Å²) in [5.41, 5.74) is 1.83. The number of carbonyl (C=O) groups is 3. The molecule has 1 aromatic carbocycles. The molecule has 3 N–H and O–H groups in total. The van der Waals surface area contributed by atoms with Crippen LogP contribution in [-0.2, 0) is 0 Å². The Kier molecular flexibility index (Phi) is 4.18. The largest absolute Gasteiger partial charge is 0.356 e. The second-order valence-corrected chi connectivity index (χ2v) is 4.47. The zero-order valence-corrected chi connectivity index (χ0v) is 11.7. The molecule has 21 heavy (non-hydrogen) atoms. The maximum atomic E-state index is 12.0. The topological polar surface area (TPSA) is 91.1 Å². The second-order valence-electron chi connectivity index (χ2n) is 4.47. The van der Waals surface area contributed by atoms with Crippen LogP contribution in [0.25, 0.3) is 0 Å². The molecule has 0 atom stereocenters. The first-order valence-corrected chi connectivity index (χ1v) is 6.34. The quantitative estimate of drug-likeness (QED) is 0.748. The molecule has 2 aromatic rings. The van der Waals surface area contributed by atoms with Crippen molar-refractivity contribution in [3.63, 3.8) is 0 Å². The Morgan fingerprint density at radius 3 is 2.19 bits per heavy atom. The van der Waals surface area contributed by atoms with E-state index in [1.54, 1.807) is 31.3 Å². The summed E-state index contributed by atoms with van der Waals surface area (Å²) in [4.78, 5) is 37.3. The average molecular weight is 285 g/mol. The van der Waals surface area contributed by atoms with Gasteiger partial charge in [0, 0.05) is 30.1 Å². The summed E-state index contributed by atoms with van der Waals surface area (Å²) in [6, 6.07) is 8.00. The van der Waals surface area contributed by atoms with Crippen LogP contribution in [0.15, 0.2) is 36.5 Å². The summed E-state index contributed by atoms with van der Waals surface area (Å²) in [6.45, 7) is 1.43. The third-order valence-corrected chi connectivity index (χ3v) is 2.97. The molecule has 6 nitrogen and oxygen atoms in total. The molecule has 0 spiro atoms. The Morgan fingerprint density at radius 1 is 1.00 bits per heavy atom. The third kappa shape index (κ3) is 3.36. The number of aromatic amines is 1. The number of aromatic nitrogens is 1. The first-order valence-electron chi connectivity index (χ1n) is 6.34. The lowest BCUT2D eigenvalue weighted by atomic mass is 10.2. The number of carbonyl (C=O) groups excluding carboxylic acids is 3. The van der Waals surface area contributed by atoms with E-state index in [2.05, 4.69) is 15.6 Å². The standard InChI is InChI=1S/C15H15N3O3/c1-9(19)11-7-13(17-8-11)15(21)18-12-5-3-10(4-6-12)14(20)16-2/h3-8,17H,1-2H3,(H,16,20)(H,18,21). The molecule has 0 aliphatic rings. The van der Waals surface area contributed by atoms with E-state index in [1.165, 1.54) is 19.2 Å². The Hall–Kier alpha value is -2.89. The SMILES string of the molecule is CNC(=O)c1ccc(NC(=O)c2cc(C(C)=O)c[nH]2)cc1. The molecular formula is C15H15N3O3. The highest BCUT2D eigenvalue weighted by Gasteiger charge is 2.11. The first-order chi connectivity index (χ1) is 10.0. The predicted octanol–water partition coefficient (Wildman–Crippen LogP) is 1.83. The molecule has 1 heterocycles. The maximum absolute atomic E-state index is 12.0. The minimum absolute atomic E-state index is 0.111. The molecule has 6 heteroatoms. The van der Waals surface area contributed by atoms with Crippen molar-refractivity contribution in [2.45, 2.75) is 6.92 Å². The number of benzene rings is 1. The van der Waals surface area contributed by atoms with Crippen LogP contribution in [0.5, 0.6) is 0 Å². The average Bonchev–Trinajstić information content (AvgIpc) is 2.97. The molecule has 0 bridgehead atoms. The fraction of sp³-hybridized carbons (Fsp3) is 0.133. The fourth-order valence-corrected chi connectivity index (χ4v) is 1.78. The minimum Gasteiger partial charge on any atom is -0.356 e. The molecule has 2 amide bonds. The number of anilines is 1. The second kappa shape index (κ2) is 6.04. The van der Waals surface area contributed by atoms with Crippen molar-refractivity contribution in [2.24, 2.45) is 0 Å². The van der Waals surface area contributed by atoms with Crippen molar-refractivity contribution >= 4 is 23.3 Å². The summed E-state index contributed by atoms with van der Waals surface area (Å²) < 4.78 is 0. The lowest BCUT2D eigenvalue weighted by Gasteiger charge is -2.05. The van der Waals surface area contributed by atoms with Crippen LogP contribution in [0.3, 0.4) is 0 Å². The van der Waals surface area contributed by atoms with Gasteiger partial charge in [0.25, 0.3) is 11.8 Å². The van der Waals surface area contributed by atoms with E-state index in [0.29, 0.717) is 22.5 Å². The van der Waals surface area contributed by atoms with Crippen molar-refractivity contribution < 1.29 is 14.4 Å². The van der Waals surface area contributed by atoms with Crippen LogP contribution in [0.4, 0.5) is 5.69 Å². The van der Waals surface area contributed by atoms with Gasteiger partial charge in [-0.25, -0.2) is 0 Å². The van der Waals surface area contributed by atoms with Crippen LogP contribution in [0.1, 0.15) is 38.1 Å². The number of Topliss-reactive ketones (excluding diaryl/α,β-unsaturated/α-hetero) is 1. The van der Waals surface area contributed by atoms with Gasteiger partial charge >= 0.3 is 0 Å². The van der Waals surface area contributed by atoms with Crippen LogP contribution >= 0.6 is 0 Å². The molecule has 0 saturated heterocycles. The normalized spacial score (nSPS) is 10.0. The lowest BCUT2D eigenvalue weighted by Crippen LogP contribution is -2.18. The number of hydrogen-bond donors (Lipinski definition) is 3. The van der Waals surface area contributed by atoms with Gasteiger partial charge in [0.1, 0.15) is 5.69 Å². The summed E-state index contributed by atoms with van der Waals surface area (Å²) in [7, 11) is 1.55. The fourth-order valence-electron chi connectivity index (χ4n) is 1.78. The summed E-state index contributed by atoms with van der Waals surface area (Å²) in [5, 5.41) is 5.20. The smallest absolute Gasteiger partial charge is 0.272 e. The molecule has 0 fully saturated rings. The third-order valence-electron chi connectivity index (χ3n) is 2.97. The van der Waals surface area contributed by atoms with Gasteiger partial charge < -0.3 is 15.6 Å². The molecule has 0 aliphatic carbocycles. The Labute approximate surface area is 121 Å². The number of hydrogen-bond acceptors (Lipinski definition) is 3. The van der Waals surface area contributed by atoms with Gasteiger partial charge in [-0.3, -0.25) is 14.4 Å². The highest BCUT2D eigenvalue weighted by atomic mass is 16.2. The molecule has 0 aliphatic heterocycles. The zero-order chi connectivity index (χ0) is 15.4. The zero-order valence-electron chi connectivity index (χ0n) is 11.7. The van der Waals surface area contributed by atoms with Crippen molar-refractivity contribution in [1.82, 2.24) is 10.3 Å². The van der Waals surface area contributed by atoms with Crippen LogP contribution in [-0.4, -0.2) is 29.6 Å². The monoisotopic (exact) mass is 285 g/mol. The summed E-state index contributed by atoms with van der Waals surface area (Å²) in [5.74, 6) is -0.654. The van der Waals surface area contributed by atoms with Gasteiger partial charge in [-0.1, -0.05) is 0 Å². The Bertz CT molecular complexity index is 686. The molecule has 0 saturated carbocycles. The van der Waals surface area contributed by atoms with Gasteiger partial charge in [0.2, 0.25) is 0 Å². The number of rotatable bonds is 4. The van der Waals surface area contributed by atoms with E-state index >= 15 is 0 Å². The highest BCUT2D eigenvalue weighted by Crippen LogP contribution is 2.12. The van der Waals surface area contributed by atoms with Crippen molar-refractivity contribution in [3.05, 3.63) is 53.3 Å². The number of H-pyrrole nitrogens is 1. The van der Waals surface area contributed by atoms with E-state index < -0.39 is 0 Å². The van der Waals surface area contributed by atoms with Crippen molar-refractivity contribution in [2.75, 3.05) is 12.4 Å². The molecule has 2 rings (SSSR count). The van der Waals surface area contributed by atoms with E-state index in [-0.39, 0.29) is 17.6 Å². The minimum atomic E-state index is -0.352. The molecule has 0 radical (unpaired) electrons. The Morgan fingerprint density at radius 2 is 1.67 bits per heavy atom. The van der Waals surface area contributed by atoms with Crippen molar-refractivity contribution in [3.8, 4) is 0 Å². The van der Waals surface area contributed by atoms with Gasteiger partial charge in [0.05, 0.1) is 0 Å². The van der Waals surface area contributed by atoms with E-state index in [1.807, 2.05) is 0 Å². The number of nitrogens with one attached hydrogen (secondary N) is 3. The molecular weight excluding hydrogens is 270 g/mol. The molecule has 0 unspecified atom stereocenters. The molecule has 108 valence electrons. The van der Waals surface area contributed by atoms with Crippen LogP contribution < -0.4 is 10.6 Å². The van der Waals surface area contributed by atoms with Gasteiger partial charge in [0.15, 0.2) is 5.78 Å². The van der Waals surface area contributed by atoms with E-state index in [4.69, 9.17) is 0 Å². The summed E-state index contributed by atoms with van der Waals surface area (Å²) >= 11 is 0. The maximum Gasteiger partial charge on any atom is 0.272 e. The number of amides is 2. The lowest BCUT2D eigenvalue weighted by molar-refractivity contribution is 0.0961. The van der Waals surface area contributed by atoms with Crippen LogP contribution in [0, 0.1) is 0 Å². The summed E-state index contributed by atoms with van der Waals surface area (Å²) in [6.07, 6.45) is 1.49. The predicted molar refractivity (Wildman–Crippen MR) is 78.6 cm³/mol. The Balaban J connectivity index is 2.08. The van der Waals surface area contributed by atoms with Gasteiger partial charge in [-0.15, -0.1) is 0 Å².